The Kier molecular flexibility index (Phi) is 6.49. The fourth-order valence-electron chi connectivity index (χ4n) is 3.43. The van der Waals surface area contributed by atoms with Gasteiger partial charge in [-0.2, -0.15) is 11.8 Å². The highest BCUT2D eigenvalue weighted by Crippen LogP contribution is 2.33. The van der Waals surface area contributed by atoms with Gasteiger partial charge in [-0.3, -0.25) is 9.89 Å². The molecule has 0 bridgehead atoms. The number of nitrogens with zero attached hydrogens (tertiary/aromatic N) is 2. The Morgan fingerprint density at radius 1 is 1.46 bits per heavy atom. The van der Waals surface area contributed by atoms with Gasteiger partial charge < -0.3 is 15.1 Å². The molecule has 2 unspecified atom stereocenters. The molecule has 2 atom stereocenters. The summed E-state index contributed by atoms with van der Waals surface area (Å²) in [5.41, 5.74) is 0. The standard InChI is InChI=1S/C18H30N4OS/c1-14-12-15(13-22(14)16-5-6-16)21-18(20-9-11-24-2)19-8-7-17-4-3-10-23-17/h3-4,10,14-16H,5-9,11-13H2,1-2H3,(H2,19,20,21). The van der Waals surface area contributed by atoms with Crippen molar-refractivity contribution in [2.24, 2.45) is 4.99 Å². The van der Waals surface area contributed by atoms with Crippen molar-refractivity contribution in [3.05, 3.63) is 24.2 Å². The lowest BCUT2D eigenvalue weighted by atomic mass is 10.2. The fourth-order valence-corrected chi connectivity index (χ4v) is 3.70. The van der Waals surface area contributed by atoms with Crippen molar-refractivity contribution in [1.82, 2.24) is 15.5 Å². The molecule has 2 N–H and O–H groups in total. The molecular formula is C18H30N4OS. The molecule has 0 aromatic carbocycles. The summed E-state index contributed by atoms with van der Waals surface area (Å²) in [6, 6.07) is 5.99. The van der Waals surface area contributed by atoms with E-state index in [1.54, 1.807) is 6.26 Å². The summed E-state index contributed by atoms with van der Waals surface area (Å²) in [6.07, 6.45) is 8.70. The first-order valence-corrected chi connectivity index (χ1v) is 10.5. The second-order valence-electron chi connectivity index (χ2n) is 6.83. The minimum Gasteiger partial charge on any atom is -0.469 e. The Bertz CT molecular complexity index is 515. The van der Waals surface area contributed by atoms with Gasteiger partial charge in [0.2, 0.25) is 0 Å². The predicted octanol–water partition coefficient (Wildman–Crippen LogP) is 2.35. The molecule has 6 heteroatoms. The number of nitrogens with one attached hydrogen (secondary N) is 2. The van der Waals surface area contributed by atoms with Gasteiger partial charge in [-0.1, -0.05) is 0 Å². The summed E-state index contributed by atoms with van der Waals surface area (Å²) >= 11 is 1.84. The van der Waals surface area contributed by atoms with Gasteiger partial charge in [0.25, 0.3) is 0 Å². The van der Waals surface area contributed by atoms with Crippen molar-refractivity contribution in [3.8, 4) is 0 Å². The van der Waals surface area contributed by atoms with Gasteiger partial charge in [0.15, 0.2) is 5.96 Å². The van der Waals surface area contributed by atoms with E-state index in [1.165, 1.54) is 19.3 Å². The largest absolute Gasteiger partial charge is 0.469 e. The lowest BCUT2D eigenvalue weighted by molar-refractivity contribution is 0.256. The molecule has 1 aliphatic carbocycles. The molecule has 1 saturated heterocycles. The molecule has 24 heavy (non-hydrogen) atoms. The summed E-state index contributed by atoms with van der Waals surface area (Å²) in [5.74, 6) is 3.02. The van der Waals surface area contributed by atoms with E-state index in [-0.39, 0.29) is 0 Å². The summed E-state index contributed by atoms with van der Waals surface area (Å²) < 4.78 is 5.40. The van der Waals surface area contributed by atoms with Crippen LogP contribution >= 0.6 is 11.8 Å². The van der Waals surface area contributed by atoms with Crippen molar-refractivity contribution in [2.75, 3.05) is 31.6 Å². The first-order valence-electron chi connectivity index (χ1n) is 9.08. The maximum absolute atomic E-state index is 5.40. The van der Waals surface area contributed by atoms with Gasteiger partial charge in [0.05, 0.1) is 12.8 Å². The van der Waals surface area contributed by atoms with Crippen LogP contribution < -0.4 is 10.6 Å². The Morgan fingerprint density at radius 3 is 3.04 bits per heavy atom. The van der Waals surface area contributed by atoms with E-state index in [1.807, 2.05) is 23.9 Å². The minimum atomic E-state index is 0.504. The molecule has 0 spiro atoms. The average molecular weight is 351 g/mol. The fraction of sp³-hybridized carbons (Fsp3) is 0.722. The first kappa shape index (κ1) is 17.7. The van der Waals surface area contributed by atoms with Crippen LogP contribution in [-0.4, -0.2) is 60.6 Å². The number of rotatable bonds is 8. The topological polar surface area (TPSA) is 52.8 Å². The van der Waals surface area contributed by atoms with Crippen LogP contribution in [0.2, 0.25) is 0 Å². The summed E-state index contributed by atoms with van der Waals surface area (Å²) in [7, 11) is 0. The molecule has 2 heterocycles. The lowest BCUT2D eigenvalue weighted by Crippen LogP contribution is -2.45. The van der Waals surface area contributed by atoms with Gasteiger partial charge in [0.1, 0.15) is 5.76 Å². The Labute approximate surface area is 149 Å². The highest BCUT2D eigenvalue weighted by Gasteiger charge is 2.38. The molecule has 3 rings (SSSR count). The van der Waals surface area contributed by atoms with Gasteiger partial charge in [-0.25, -0.2) is 0 Å². The SMILES string of the molecule is CSCCN=C(NCCc1ccco1)NC1CC(C)N(C2CC2)C1. The van der Waals surface area contributed by atoms with Crippen LogP contribution in [0.4, 0.5) is 0 Å². The third kappa shape index (κ3) is 5.18. The monoisotopic (exact) mass is 350 g/mol. The van der Waals surface area contributed by atoms with E-state index in [9.17, 15) is 0 Å². The molecule has 1 aromatic heterocycles. The van der Waals surface area contributed by atoms with Crippen molar-refractivity contribution in [3.63, 3.8) is 0 Å². The van der Waals surface area contributed by atoms with Crippen LogP contribution in [0.5, 0.6) is 0 Å². The number of aliphatic imine (C=N–C) groups is 1. The van der Waals surface area contributed by atoms with Crippen LogP contribution in [0.3, 0.4) is 0 Å². The third-order valence-electron chi connectivity index (χ3n) is 4.79. The Balaban J connectivity index is 1.48. The van der Waals surface area contributed by atoms with E-state index in [0.717, 1.165) is 49.6 Å². The number of hydrogen-bond donors (Lipinski definition) is 2. The zero-order chi connectivity index (χ0) is 16.8. The number of guanidine groups is 1. The van der Waals surface area contributed by atoms with Crippen LogP contribution in [0.1, 0.15) is 31.9 Å². The molecule has 2 aliphatic rings. The van der Waals surface area contributed by atoms with Gasteiger partial charge in [-0.15, -0.1) is 0 Å². The summed E-state index contributed by atoms with van der Waals surface area (Å²) in [6.45, 7) is 5.20. The molecule has 134 valence electrons. The van der Waals surface area contributed by atoms with E-state index in [4.69, 9.17) is 9.41 Å². The number of furan rings is 1. The first-order chi connectivity index (χ1) is 11.8. The van der Waals surface area contributed by atoms with E-state index in [0.29, 0.717) is 12.1 Å². The number of hydrogen-bond acceptors (Lipinski definition) is 4. The summed E-state index contributed by atoms with van der Waals surface area (Å²) in [4.78, 5) is 7.40. The predicted molar refractivity (Wildman–Crippen MR) is 102 cm³/mol. The van der Waals surface area contributed by atoms with Gasteiger partial charge >= 0.3 is 0 Å². The van der Waals surface area contributed by atoms with E-state index >= 15 is 0 Å². The van der Waals surface area contributed by atoms with Gasteiger partial charge in [0, 0.05) is 43.4 Å². The highest BCUT2D eigenvalue weighted by molar-refractivity contribution is 7.98. The average Bonchev–Trinajstić information content (AvgIpc) is 3.15. The quantitative estimate of drug-likeness (QED) is 0.428. The minimum absolute atomic E-state index is 0.504. The zero-order valence-corrected chi connectivity index (χ0v) is 15.6. The summed E-state index contributed by atoms with van der Waals surface area (Å²) in [5, 5.41) is 7.12. The van der Waals surface area contributed by atoms with Crippen molar-refractivity contribution < 1.29 is 4.42 Å². The van der Waals surface area contributed by atoms with E-state index in [2.05, 4.69) is 28.7 Å². The van der Waals surface area contributed by atoms with Crippen molar-refractivity contribution >= 4 is 17.7 Å². The zero-order valence-electron chi connectivity index (χ0n) is 14.8. The maximum atomic E-state index is 5.40. The lowest BCUT2D eigenvalue weighted by Gasteiger charge is -2.20. The molecular weight excluding hydrogens is 320 g/mol. The molecule has 5 nitrogen and oxygen atoms in total. The maximum Gasteiger partial charge on any atom is 0.191 e. The van der Waals surface area contributed by atoms with Crippen molar-refractivity contribution in [1.29, 1.82) is 0 Å². The Morgan fingerprint density at radius 2 is 2.33 bits per heavy atom. The molecule has 0 amide bonds. The molecule has 0 radical (unpaired) electrons. The normalized spacial score (nSPS) is 25.2. The molecule has 1 aliphatic heterocycles. The molecule has 2 fully saturated rings. The van der Waals surface area contributed by atoms with Crippen LogP contribution in [0.25, 0.3) is 0 Å². The molecule has 1 aromatic rings. The third-order valence-corrected chi connectivity index (χ3v) is 5.38. The van der Waals surface area contributed by atoms with Gasteiger partial charge in [-0.05, 0) is 44.6 Å². The smallest absolute Gasteiger partial charge is 0.191 e. The van der Waals surface area contributed by atoms with Crippen LogP contribution in [0.15, 0.2) is 27.8 Å². The highest BCUT2D eigenvalue weighted by atomic mass is 32.2. The number of likely N-dealkylation sites (tertiary alicyclic amines) is 1. The molecule has 1 saturated carbocycles. The van der Waals surface area contributed by atoms with Crippen LogP contribution in [0, 0.1) is 0 Å². The number of thioether (sulfide) groups is 1. The Hall–Kier alpha value is -1.14. The second kappa shape index (κ2) is 8.81. The second-order valence-corrected chi connectivity index (χ2v) is 7.82. The van der Waals surface area contributed by atoms with E-state index < -0.39 is 0 Å². The van der Waals surface area contributed by atoms with Crippen LogP contribution in [-0.2, 0) is 6.42 Å². The van der Waals surface area contributed by atoms with Crippen molar-refractivity contribution in [2.45, 2.75) is 50.7 Å².